The Labute approximate surface area is 126 Å². The van der Waals surface area contributed by atoms with Gasteiger partial charge in [0.05, 0.1) is 12.3 Å². The molecule has 0 fully saturated rings. The Bertz CT molecular complexity index is 500. The summed E-state index contributed by atoms with van der Waals surface area (Å²) in [6.45, 7) is 5.94. The quantitative estimate of drug-likeness (QED) is 0.885. The number of rotatable bonds is 3. The normalized spacial score (nSPS) is 17.7. The van der Waals surface area contributed by atoms with Crippen LogP contribution >= 0.6 is 0 Å². The fourth-order valence-corrected chi connectivity index (χ4v) is 1.91. The van der Waals surface area contributed by atoms with E-state index in [9.17, 15) is 13.2 Å². The summed E-state index contributed by atoms with van der Waals surface area (Å²) in [5.41, 5.74) is 2.44. The number of carbonyl (C=O) groups is 1. The van der Waals surface area contributed by atoms with E-state index >= 15 is 0 Å². The first-order chi connectivity index (χ1) is 10.1. The molecule has 2 heterocycles. The number of hydrogen-bond donors (Lipinski definition) is 2. The number of carboxylic acid groups (broad SMARTS) is 1. The molecule has 0 radical (unpaired) electrons. The van der Waals surface area contributed by atoms with Crippen molar-refractivity contribution in [3.63, 3.8) is 0 Å². The zero-order chi connectivity index (χ0) is 16.9. The molecule has 1 aliphatic heterocycles. The maximum absolute atomic E-state index is 10.6. The van der Waals surface area contributed by atoms with Crippen LogP contribution in [-0.4, -0.2) is 46.2 Å². The van der Waals surface area contributed by atoms with E-state index in [1.165, 1.54) is 5.56 Å². The molecule has 126 valence electrons. The van der Waals surface area contributed by atoms with Crippen LogP contribution in [0, 0.1) is 0 Å². The molecule has 9 heteroatoms. The van der Waals surface area contributed by atoms with Crippen LogP contribution in [0.25, 0.3) is 0 Å². The Hall–Kier alpha value is -1.61. The summed E-state index contributed by atoms with van der Waals surface area (Å²) in [6, 6.07) is 0.489. The number of nitrogens with zero attached hydrogens (tertiary/aromatic N) is 2. The Kier molecular flexibility index (Phi) is 6.36. The van der Waals surface area contributed by atoms with E-state index in [0.717, 1.165) is 25.3 Å². The summed E-state index contributed by atoms with van der Waals surface area (Å²) in [7, 11) is 1.96. The van der Waals surface area contributed by atoms with Crippen LogP contribution < -0.4 is 5.32 Å². The van der Waals surface area contributed by atoms with Crippen molar-refractivity contribution >= 4 is 5.97 Å². The van der Waals surface area contributed by atoms with E-state index in [2.05, 4.69) is 30.5 Å². The van der Waals surface area contributed by atoms with Gasteiger partial charge in [0.25, 0.3) is 0 Å². The highest BCUT2D eigenvalue weighted by atomic mass is 19.4. The molecule has 1 atom stereocenters. The van der Waals surface area contributed by atoms with Gasteiger partial charge >= 0.3 is 12.1 Å². The number of hydrogen-bond acceptors (Lipinski definition) is 4. The molecule has 1 aromatic heterocycles. The molecule has 0 amide bonds. The summed E-state index contributed by atoms with van der Waals surface area (Å²) in [5, 5.41) is 15.0. The predicted octanol–water partition coefficient (Wildman–Crippen LogP) is 1.67. The largest absolute Gasteiger partial charge is 0.490 e. The second-order valence-corrected chi connectivity index (χ2v) is 5.19. The zero-order valence-corrected chi connectivity index (χ0v) is 12.6. The molecule has 1 unspecified atom stereocenters. The topological polar surface area (TPSA) is 76.4 Å². The highest BCUT2D eigenvalue weighted by Crippen LogP contribution is 2.24. The molecule has 2 N–H and O–H groups in total. The lowest BCUT2D eigenvalue weighted by Gasteiger charge is -2.23. The molecule has 0 saturated carbocycles. The second-order valence-electron chi connectivity index (χ2n) is 5.19. The summed E-state index contributed by atoms with van der Waals surface area (Å²) in [4.78, 5) is 8.90. The van der Waals surface area contributed by atoms with Crippen molar-refractivity contribution in [2.24, 2.45) is 7.05 Å². The monoisotopic (exact) mass is 323 g/mol. The van der Waals surface area contributed by atoms with Gasteiger partial charge in [-0.1, -0.05) is 13.8 Å². The molecule has 0 saturated heterocycles. The van der Waals surface area contributed by atoms with Crippen molar-refractivity contribution in [3.05, 3.63) is 17.5 Å². The van der Waals surface area contributed by atoms with Crippen molar-refractivity contribution in [1.82, 2.24) is 15.1 Å². The van der Waals surface area contributed by atoms with Gasteiger partial charge in [0, 0.05) is 25.8 Å². The minimum absolute atomic E-state index is 0.123. The second kappa shape index (κ2) is 7.59. The Morgan fingerprint density at radius 2 is 2.18 bits per heavy atom. The Morgan fingerprint density at radius 3 is 2.68 bits per heavy atom. The average Bonchev–Trinajstić information content (AvgIpc) is 2.76. The number of aromatic nitrogens is 2. The Balaban J connectivity index is 0.000000295. The first-order valence-corrected chi connectivity index (χ1v) is 6.78. The van der Waals surface area contributed by atoms with E-state index in [1.54, 1.807) is 0 Å². The van der Waals surface area contributed by atoms with Crippen molar-refractivity contribution < 1.29 is 27.8 Å². The standard InChI is InChI=1S/C11H19N3O.C2HF3O2/c1-8(2)12-6-10-11-9(4-5-15-10)7-14(3)13-11;3-2(4,5)1(6)7/h7-8,10,12H,4-6H2,1-3H3;(H,6,7). The van der Waals surface area contributed by atoms with Gasteiger partial charge in [-0.15, -0.1) is 0 Å². The van der Waals surface area contributed by atoms with Crippen LogP contribution in [0.15, 0.2) is 6.20 Å². The van der Waals surface area contributed by atoms with E-state index in [1.807, 2.05) is 11.7 Å². The van der Waals surface area contributed by atoms with Gasteiger partial charge in [-0.2, -0.15) is 18.3 Å². The lowest BCUT2D eigenvalue weighted by molar-refractivity contribution is -0.192. The number of fused-ring (bicyclic) bond motifs is 1. The maximum Gasteiger partial charge on any atom is 0.490 e. The van der Waals surface area contributed by atoms with Crippen LogP contribution in [0.3, 0.4) is 0 Å². The van der Waals surface area contributed by atoms with Gasteiger partial charge in [0.2, 0.25) is 0 Å². The smallest absolute Gasteiger partial charge is 0.475 e. The summed E-state index contributed by atoms with van der Waals surface area (Å²) in [5.74, 6) is -2.76. The molecule has 22 heavy (non-hydrogen) atoms. The molecule has 0 aromatic carbocycles. The first-order valence-electron chi connectivity index (χ1n) is 6.78. The lowest BCUT2D eigenvalue weighted by Crippen LogP contribution is -2.31. The summed E-state index contributed by atoms with van der Waals surface area (Å²) in [6.07, 6.45) is -1.88. The number of nitrogens with one attached hydrogen (secondary N) is 1. The SMILES string of the molecule is CC(C)NCC1OCCc2cn(C)nc21.O=C(O)C(F)(F)F. The Morgan fingerprint density at radius 1 is 1.59 bits per heavy atom. The van der Waals surface area contributed by atoms with E-state index in [0.29, 0.717) is 6.04 Å². The third-order valence-corrected chi connectivity index (χ3v) is 2.89. The van der Waals surface area contributed by atoms with Crippen LogP contribution in [-0.2, 0) is 23.0 Å². The van der Waals surface area contributed by atoms with Crippen molar-refractivity contribution in [1.29, 1.82) is 0 Å². The number of aryl methyl sites for hydroxylation is 1. The molecular formula is C13H20F3N3O3. The van der Waals surface area contributed by atoms with Gasteiger partial charge in [-0.25, -0.2) is 4.79 Å². The van der Waals surface area contributed by atoms with Crippen molar-refractivity contribution in [2.75, 3.05) is 13.2 Å². The van der Waals surface area contributed by atoms with Crippen molar-refractivity contribution in [3.8, 4) is 0 Å². The fourth-order valence-electron chi connectivity index (χ4n) is 1.91. The van der Waals surface area contributed by atoms with Gasteiger partial charge in [0.15, 0.2) is 0 Å². The third-order valence-electron chi connectivity index (χ3n) is 2.89. The highest BCUT2D eigenvalue weighted by Gasteiger charge is 2.38. The van der Waals surface area contributed by atoms with Crippen LogP contribution in [0.1, 0.15) is 31.2 Å². The molecule has 6 nitrogen and oxygen atoms in total. The van der Waals surface area contributed by atoms with Crippen LogP contribution in [0.4, 0.5) is 13.2 Å². The highest BCUT2D eigenvalue weighted by molar-refractivity contribution is 5.73. The maximum atomic E-state index is 10.6. The van der Waals surface area contributed by atoms with Gasteiger partial charge < -0.3 is 15.2 Å². The first kappa shape index (κ1) is 18.4. The molecule has 0 spiro atoms. The summed E-state index contributed by atoms with van der Waals surface area (Å²) < 4.78 is 39.3. The van der Waals surface area contributed by atoms with Crippen LogP contribution in [0.2, 0.25) is 0 Å². The van der Waals surface area contributed by atoms with Crippen LogP contribution in [0.5, 0.6) is 0 Å². The van der Waals surface area contributed by atoms with E-state index in [-0.39, 0.29) is 6.10 Å². The molecule has 2 rings (SSSR count). The minimum atomic E-state index is -5.08. The van der Waals surface area contributed by atoms with Gasteiger partial charge in [-0.3, -0.25) is 4.68 Å². The van der Waals surface area contributed by atoms with Gasteiger partial charge in [-0.05, 0) is 12.0 Å². The molecule has 0 bridgehead atoms. The lowest BCUT2D eigenvalue weighted by atomic mass is 10.1. The molecular weight excluding hydrogens is 303 g/mol. The van der Waals surface area contributed by atoms with E-state index < -0.39 is 12.1 Å². The fraction of sp³-hybridized carbons (Fsp3) is 0.692. The number of carboxylic acids is 1. The number of halogens is 3. The predicted molar refractivity (Wildman–Crippen MR) is 72.4 cm³/mol. The average molecular weight is 323 g/mol. The van der Waals surface area contributed by atoms with E-state index in [4.69, 9.17) is 14.6 Å². The third kappa shape index (κ3) is 5.64. The molecule has 1 aromatic rings. The molecule has 1 aliphatic rings. The summed E-state index contributed by atoms with van der Waals surface area (Å²) >= 11 is 0. The van der Waals surface area contributed by atoms with Gasteiger partial charge in [0.1, 0.15) is 6.10 Å². The zero-order valence-electron chi connectivity index (χ0n) is 12.6. The number of aliphatic carboxylic acids is 1. The number of alkyl halides is 3. The minimum Gasteiger partial charge on any atom is -0.475 e. The van der Waals surface area contributed by atoms with Crippen molar-refractivity contribution in [2.45, 2.75) is 38.6 Å². The number of ether oxygens (including phenoxy) is 1. The molecule has 0 aliphatic carbocycles.